The zero-order valence-electron chi connectivity index (χ0n) is 7.57. The average molecular weight is 191 g/mol. The lowest BCUT2D eigenvalue weighted by Gasteiger charge is -2.32. The van der Waals surface area contributed by atoms with Crippen LogP contribution in [0.1, 0.15) is 6.42 Å². The van der Waals surface area contributed by atoms with Crippen LogP contribution in [-0.4, -0.2) is 23.1 Å². The topological polar surface area (TPSA) is 3.24 Å². The molecular formula is C11H13NS. The highest BCUT2D eigenvalue weighted by Crippen LogP contribution is 2.37. The molecule has 1 atom stereocenters. The lowest BCUT2D eigenvalue weighted by atomic mass is 9.87. The molecule has 0 radical (unpaired) electrons. The van der Waals surface area contributed by atoms with Crippen molar-refractivity contribution in [2.24, 2.45) is 5.92 Å². The summed E-state index contributed by atoms with van der Waals surface area (Å²) in [5, 5.41) is 0. The number of allylic oxidation sites excluding steroid dienone is 5. The van der Waals surface area contributed by atoms with Gasteiger partial charge in [0.2, 0.25) is 0 Å². The van der Waals surface area contributed by atoms with Crippen LogP contribution in [0.4, 0.5) is 0 Å². The summed E-state index contributed by atoms with van der Waals surface area (Å²) in [6.45, 7) is 1.26. The summed E-state index contributed by atoms with van der Waals surface area (Å²) >= 11 is 2.05. The van der Waals surface area contributed by atoms with Gasteiger partial charge in [0.15, 0.2) is 0 Å². The Morgan fingerprint density at radius 3 is 3.38 bits per heavy atom. The van der Waals surface area contributed by atoms with E-state index in [4.69, 9.17) is 0 Å². The zero-order chi connectivity index (χ0) is 8.67. The first-order valence-electron chi connectivity index (χ1n) is 4.86. The second-order valence-corrected chi connectivity index (χ2v) is 4.74. The molecule has 1 saturated heterocycles. The van der Waals surface area contributed by atoms with E-state index in [2.05, 4.69) is 29.2 Å². The molecule has 2 aliphatic heterocycles. The molecule has 2 heterocycles. The Morgan fingerprint density at radius 1 is 1.38 bits per heavy atom. The van der Waals surface area contributed by atoms with Gasteiger partial charge < -0.3 is 4.90 Å². The van der Waals surface area contributed by atoms with E-state index in [1.807, 2.05) is 11.8 Å². The third-order valence-corrected chi connectivity index (χ3v) is 4.01. The van der Waals surface area contributed by atoms with Gasteiger partial charge in [-0.1, -0.05) is 24.3 Å². The van der Waals surface area contributed by atoms with E-state index < -0.39 is 0 Å². The average Bonchev–Trinajstić information content (AvgIpc) is 2.65. The first-order chi connectivity index (χ1) is 6.45. The van der Waals surface area contributed by atoms with Gasteiger partial charge in [-0.2, -0.15) is 0 Å². The monoisotopic (exact) mass is 191 g/mol. The number of nitrogens with zero attached hydrogens (tertiary/aromatic N) is 1. The third kappa shape index (κ3) is 1.16. The summed E-state index contributed by atoms with van der Waals surface area (Å²) in [4.78, 5) is 2.54. The van der Waals surface area contributed by atoms with Gasteiger partial charge in [-0.25, -0.2) is 0 Å². The van der Waals surface area contributed by atoms with E-state index in [0.29, 0.717) is 0 Å². The molecule has 0 spiro atoms. The molecule has 1 aliphatic carbocycles. The van der Waals surface area contributed by atoms with E-state index >= 15 is 0 Å². The van der Waals surface area contributed by atoms with Gasteiger partial charge in [0.25, 0.3) is 0 Å². The quantitative estimate of drug-likeness (QED) is 0.578. The minimum absolute atomic E-state index is 0.718. The summed E-state index contributed by atoms with van der Waals surface area (Å²) in [6.07, 6.45) is 10.3. The van der Waals surface area contributed by atoms with Gasteiger partial charge in [-0.3, -0.25) is 0 Å². The van der Waals surface area contributed by atoms with Crippen LogP contribution in [-0.2, 0) is 0 Å². The van der Waals surface area contributed by atoms with Crippen LogP contribution in [0.3, 0.4) is 0 Å². The molecule has 0 bridgehead atoms. The van der Waals surface area contributed by atoms with Crippen molar-refractivity contribution in [2.75, 3.05) is 18.2 Å². The molecule has 0 N–H and O–H groups in total. The van der Waals surface area contributed by atoms with Crippen molar-refractivity contribution < 1.29 is 0 Å². The molecule has 0 aromatic rings. The van der Waals surface area contributed by atoms with E-state index in [1.165, 1.54) is 24.6 Å². The van der Waals surface area contributed by atoms with Crippen LogP contribution in [0.25, 0.3) is 0 Å². The number of thioether (sulfide) groups is 1. The Bertz CT molecular complexity index is 314. The second kappa shape index (κ2) is 2.95. The van der Waals surface area contributed by atoms with Crippen molar-refractivity contribution in [3.05, 3.63) is 35.6 Å². The first-order valence-corrected chi connectivity index (χ1v) is 6.01. The maximum Gasteiger partial charge on any atom is 0.0640 e. The van der Waals surface area contributed by atoms with Gasteiger partial charge in [0.1, 0.15) is 0 Å². The molecule has 1 nitrogen and oxygen atoms in total. The molecule has 68 valence electrons. The smallest absolute Gasteiger partial charge is 0.0640 e. The van der Waals surface area contributed by atoms with Crippen molar-refractivity contribution in [3.63, 3.8) is 0 Å². The predicted molar refractivity (Wildman–Crippen MR) is 57.4 cm³/mol. The van der Waals surface area contributed by atoms with Gasteiger partial charge >= 0.3 is 0 Å². The predicted octanol–water partition coefficient (Wildman–Crippen LogP) is 2.39. The summed E-state index contributed by atoms with van der Waals surface area (Å²) in [6, 6.07) is 0. The summed E-state index contributed by atoms with van der Waals surface area (Å²) in [7, 11) is 0. The van der Waals surface area contributed by atoms with Crippen LogP contribution in [0.15, 0.2) is 35.6 Å². The standard InChI is InChI=1S/C11H13NS/c1-2-4-10-9(3-1)5-6-12-8-13-7-11(10)12/h1-4,9H,5-8H2. The zero-order valence-corrected chi connectivity index (χ0v) is 8.39. The third-order valence-electron chi connectivity index (χ3n) is 3.04. The molecule has 3 rings (SSSR count). The molecule has 0 saturated carbocycles. The van der Waals surface area contributed by atoms with Crippen molar-refractivity contribution >= 4 is 11.8 Å². The minimum atomic E-state index is 0.718. The molecular weight excluding hydrogens is 178 g/mol. The Labute approximate surface area is 83.2 Å². The molecule has 1 unspecified atom stereocenters. The second-order valence-electron chi connectivity index (χ2n) is 3.78. The Kier molecular flexibility index (Phi) is 1.76. The fraction of sp³-hybridized carbons (Fsp3) is 0.455. The molecule has 0 aromatic carbocycles. The van der Waals surface area contributed by atoms with Crippen LogP contribution in [0.2, 0.25) is 0 Å². The van der Waals surface area contributed by atoms with E-state index in [-0.39, 0.29) is 0 Å². The van der Waals surface area contributed by atoms with Crippen LogP contribution in [0.5, 0.6) is 0 Å². The number of rotatable bonds is 0. The SMILES string of the molecule is C1=CC2=C3CSCN3CCC2C=C1. The van der Waals surface area contributed by atoms with Crippen molar-refractivity contribution in [2.45, 2.75) is 6.42 Å². The van der Waals surface area contributed by atoms with Gasteiger partial charge in [0, 0.05) is 23.9 Å². The molecule has 3 aliphatic rings. The fourth-order valence-electron chi connectivity index (χ4n) is 2.33. The normalized spacial score (nSPS) is 30.8. The Balaban J connectivity index is 2.05. The van der Waals surface area contributed by atoms with Crippen molar-refractivity contribution in [1.29, 1.82) is 0 Å². The minimum Gasteiger partial charge on any atom is -0.365 e. The highest BCUT2D eigenvalue weighted by Gasteiger charge is 2.28. The number of fused-ring (bicyclic) bond motifs is 2. The van der Waals surface area contributed by atoms with E-state index in [9.17, 15) is 0 Å². The molecule has 0 aromatic heterocycles. The van der Waals surface area contributed by atoms with Crippen molar-refractivity contribution in [3.8, 4) is 0 Å². The summed E-state index contributed by atoms with van der Waals surface area (Å²) in [5.41, 5.74) is 3.18. The molecule has 0 amide bonds. The highest BCUT2D eigenvalue weighted by atomic mass is 32.2. The molecule has 13 heavy (non-hydrogen) atoms. The Morgan fingerprint density at radius 2 is 2.38 bits per heavy atom. The van der Waals surface area contributed by atoms with Gasteiger partial charge in [0.05, 0.1) is 5.88 Å². The van der Waals surface area contributed by atoms with Gasteiger partial charge in [-0.15, -0.1) is 11.8 Å². The summed E-state index contributed by atoms with van der Waals surface area (Å²) < 4.78 is 0. The first kappa shape index (κ1) is 7.74. The van der Waals surface area contributed by atoms with Crippen molar-refractivity contribution in [1.82, 2.24) is 4.90 Å². The number of hydrogen-bond donors (Lipinski definition) is 0. The Hall–Kier alpha value is -0.630. The van der Waals surface area contributed by atoms with E-state index in [1.54, 1.807) is 11.3 Å². The maximum absolute atomic E-state index is 2.54. The van der Waals surface area contributed by atoms with Crippen LogP contribution < -0.4 is 0 Å². The lowest BCUT2D eigenvalue weighted by Crippen LogP contribution is -2.29. The van der Waals surface area contributed by atoms with Crippen LogP contribution in [0, 0.1) is 5.92 Å². The van der Waals surface area contributed by atoms with Gasteiger partial charge in [-0.05, 0) is 12.0 Å². The molecule has 2 heteroatoms. The molecule has 1 fully saturated rings. The van der Waals surface area contributed by atoms with Crippen LogP contribution >= 0.6 is 11.8 Å². The highest BCUT2D eigenvalue weighted by molar-refractivity contribution is 7.99. The fourth-order valence-corrected chi connectivity index (χ4v) is 3.47. The lowest BCUT2D eigenvalue weighted by molar-refractivity contribution is 0.358. The largest absolute Gasteiger partial charge is 0.365 e. The summed E-state index contributed by atoms with van der Waals surface area (Å²) in [5.74, 6) is 3.16. The van der Waals surface area contributed by atoms with E-state index in [0.717, 1.165) is 5.92 Å². The maximum atomic E-state index is 2.54. The number of hydrogen-bond acceptors (Lipinski definition) is 2.